The predicted molar refractivity (Wildman–Crippen MR) is 61.3 cm³/mol. The lowest BCUT2D eigenvalue weighted by Gasteiger charge is -2.33. The van der Waals surface area contributed by atoms with Crippen LogP contribution in [0.25, 0.3) is 0 Å². The summed E-state index contributed by atoms with van der Waals surface area (Å²) in [7, 11) is 0. The fourth-order valence-corrected chi connectivity index (χ4v) is 2.62. The fourth-order valence-electron chi connectivity index (χ4n) is 2.62. The third kappa shape index (κ3) is 1.70. The van der Waals surface area contributed by atoms with E-state index in [1.165, 1.54) is 0 Å². The molecule has 0 amide bonds. The second-order valence-electron chi connectivity index (χ2n) is 4.66. The molecule has 0 aliphatic carbocycles. The van der Waals surface area contributed by atoms with Gasteiger partial charge in [-0.25, -0.2) is 0 Å². The highest BCUT2D eigenvalue weighted by Gasteiger charge is 2.33. The highest BCUT2D eigenvalue weighted by molar-refractivity contribution is 5.37. The molecule has 3 rings (SSSR count). The van der Waals surface area contributed by atoms with Gasteiger partial charge in [-0.1, -0.05) is 18.2 Å². The minimum Gasteiger partial charge on any atom is -0.490 e. The molecule has 0 bridgehead atoms. The fraction of sp³-hybridized carbons (Fsp3) is 0.538. The van der Waals surface area contributed by atoms with Crippen LogP contribution in [0.5, 0.6) is 5.75 Å². The van der Waals surface area contributed by atoms with E-state index in [9.17, 15) is 0 Å². The number of hydrogen-bond acceptors (Lipinski definition) is 3. The van der Waals surface area contributed by atoms with Crippen molar-refractivity contribution in [2.45, 2.75) is 25.0 Å². The number of nitrogens with two attached hydrogens (primary N) is 1. The molecule has 0 saturated carbocycles. The van der Waals surface area contributed by atoms with Gasteiger partial charge in [0.25, 0.3) is 0 Å². The van der Waals surface area contributed by atoms with Crippen LogP contribution in [0.4, 0.5) is 0 Å². The Morgan fingerprint density at radius 2 is 2.12 bits per heavy atom. The first-order chi connectivity index (χ1) is 7.84. The number of ether oxygens (including phenoxy) is 2. The van der Waals surface area contributed by atoms with Crippen molar-refractivity contribution in [2.24, 2.45) is 11.7 Å². The Morgan fingerprint density at radius 3 is 2.94 bits per heavy atom. The largest absolute Gasteiger partial charge is 0.490 e. The van der Waals surface area contributed by atoms with E-state index < -0.39 is 0 Å². The molecule has 2 aliphatic heterocycles. The average Bonchev–Trinajstić information content (AvgIpc) is 2.82. The minimum atomic E-state index is 0.107. The lowest BCUT2D eigenvalue weighted by Crippen LogP contribution is -2.35. The van der Waals surface area contributed by atoms with Gasteiger partial charge >= 0.3 is 0 Å². The topological polar surface area (TPSA) is 44.5 Å². The van der Waals surface area contributed by atoms with Crippen molar-refractivity contribution in [1.29, 1.82) is 0 Å². The molecule has 3 atom stereocenters. The van der Waals surface area contributed by atoms with Crippen molar-refractivity contribution < 1.29 is 9.47 Å². The maximum absolute atomic E-state index is 6.18. The highest BCUT2D eigenvalue weighted by atomic mass is 16.5. The maximum atomic E-state index is 6.18. The van der Waals surface area contributed by atoms with E-state index in [0.717, 1.165) is 37.4 Å². The average molecular weight is 219 g/mol. The molecule has 2 heterocycles. The SMILES string of the molecule is N[C@@H]1CC(C2CCOC2)Oc2ccccc21. The van der Waals surface area contributed by atoms with Gasteiger partial charge in [-0.3, -0.25) is 0 Å². The summed E-state index contributed by atoms with van der Waals surface area (Å²) in [6, 6.07) is 8.19. The van der Waals surface area contributed by atoms with Gasteiger partial charge in [-0.05, 0) is 12.5 Å². The Bertz CT molecular complexity index is 374. The summed E-state index contributed by atoms with van der Waals surface area (Å²) in [4.78, 5) is 0. The van der Waals surface area contributed by atoms with E-state index in [1.54, 1.807) is 0 Å². The maximum Gasteiger partial charge on any atom is 0.124 e. The normalized spacial score (nSPS) is 33.2. The molecule has 0 aromatic heterocycles. The minimum absolute atomic E-state index is 0.107. The van der Waals surface area contributed by atoms with Crippen molar-refractivity contribution in [1.82, 2.24) is 0 Å². The molecule has 2 unspecified atom stereocenters. The Hall–Kier alpha value is -1.06. The van der Waals surface area contributed by atoms with Crippen LogP contribution < -0.4 is 10.5 Å². The third-order valence-electron chi connectivity index (χ3n) is 3.57. The third-order valence-corrected chi connectivity index (χ3v) is 3.57. The summed E-state index contributed by atoms with van der Waals surface area (Å²) >= 11 is 0. The molecule has 86 valence electrons. The number of para-hydroxylation sites is 1. The zero-order chi connectivity index (χ0) is 11.0. The van der Waals surface area contributed by atoms with Crippen molar-refractivity contribution in [3.63, 3.8) is 0 Å². The van der Waals surface area contributed by atoms with Gasteiger partial charge in [0.1, 0.15) is 11.9 Å². The molecular formula is C13H17NO2. The Morgan fingerprint density at radius 1 is 1.25 bits per heavy atom. The molecule has 1 saturated heterocycles. The van der Waals surface area contributed by atoms with Gasteiger partial charge in [0.15, 0.2) is 0 Å². The number of hydrogen-bond donors (Lipinski definition) is 1. The zero-order valence-electron chi connectivity index (χ0n) is 9.26. The van der Waals surface area contributed by atoms with Crippen LogP contribution in [0.15, 0.2) is 24.3 Å². The van der Waals surface area contributed by atoms with E-state index in [-0.39, 0.29) is 12.1 Å². The van der Waals surface area contributed by atoms with Gasteiger partial charge in [0.05, 0.1) is 6.61 Å². The number of rotatable bonds is 1. The Balaban J connectivity index is 1.83. The van der Waals surface area contributed by atoms with Crippen LogP contribution in [-0.2, 0) is 4.74 Å². The van der Waals surface area contributed by atoms with E-state index in [4.69, 9.17) is 15.2 Å². The van der Waals surface area contributed by atoms with E-state index in [1.807, 2.05) is 18.2 Å². The molecule has 1 aromatic rings. The summed E-state index contributed by atoms with van der Waals surface area (Å²) < 4.78 is 11.4. The second kappa shape index (κ2) is 4.07. The quantitative estimate of drug-likeness (QED) is 0.784. The van der Waals surface area contributed by atoms with Crippen molar-refractivity contribution in [3.8, 4) is 5.75 Å². The first-order valence-corrected chi connectivity index (χ1v) is 5.93. The molecule has 3 heteroatoms. The van der Waals surface area contributed by atoms with E-state index >= 15 is 0 Å². The second-order valence-corrected chi connectivity index (χ2v) is 4.66. The number of benzene rings is 1. The van der Waals surface area contributed by atoms with Gasteiger partial charge in [0.2, 0.25) is 0 Å². The van der Waals surface area contributed by atoms with Crippen molar-refractivity contribution in [2.75, 3.05) is 13.2 Å². The summed E-state index contributed by atoms with van der Waals surface area (Å²) in [6.45, 7) is 1.68. The zero-order valence-corrected chi connectivity index (χ0v) is 9.26. The van der Waals surface area contributed by atoms with Gasteiger partial charge in [-0.2, -0.15) is 0 Å². The summed E-state index contributed by atoms with van der Waals surface area (Å²) in [5.74, 6) is 1.47. The van der Waals surface area contributed by atoms with Gasteiger partial charge in [-0.15, -0.1) is 0 Å². The lowest BCUT2D eigenvalue weighted by atomic mass is 9.90. The first-order valence-electron chi connectivity index (χ1n) is 5.93. The van der Waals surface area contributed by atoms with E-state index in [0.29, 0.717) is 5.92 Å². The number of fused-ring (bicyclic) bond motifs is 1. The summed E-state index contributed by atoms with van der Waals surface area (Å²) in [5, 5.41) is 0. The molecule has 1 aromatic carbocycles. The van der Waals surface area contributed by atoms with Crippen LogP contribution in [0.1, 0.15) is 24.4 Å². The summed E-state index contributed by atoms with van der Waals surface area (Å²) in [5.41, 5.74) is 7.32. The van der Waals surface area contributed by atoms with Crippen LogP contribution >= 0.6 is 0 Å². The van der Waals surface area contributed by atoms with Crippen LogP contribution in [0.3, 0.4) is 0 Å². The molecule has 2 aliphatic rings. The van der Waals surface area contributed by atoms with Crippen molar-refractivity contribution in [3.05, 3.63) is 29.8 Å². The van der Waals surface area contributed by atoms with Gasteiger partial charge < -0.3 is 15.2 Å². The molecule has 16 heavy (non-hydrogen) atoms. The first kappa shape index (κ1) is 10.1. The molecule has 1 fully saturated rings. The predicted octanol–water partition coefficient (Wildman–Crippen LogP) is 1.87. The Labute approximate surface area is 95.5 Å². The van der Waals surface area contributed by atoms with Crippen LogP contribution in [-0.4, -0.2) is 19.3 Å². The van der Waals surface area contributed by atoms with Crippen LogP contribution in [0.2, 0.25) is 0 Å². The Kier molecular flexibility index (Phi) is 2.58. The van der Waals surface area contributed by atoms with Crippen LogP contribution in [0, 0.1) is 5.92 Å². The van der Waals surface area contributed by atoms with E-state index in [2.05, 4.69) is 6.07 Å². The van der Waals surface area contributed by atoms with Crippen molar-refractivity contribution >= 4 is 0 Å². The molecule has 2 N–H and O–H groups in total. The van der Waals surface area contributed by atoms with Gasteiger partial charge in [0, 0.05) is 30.6 Å². The molecule has 0 spiro atoms. The summed E-state index contributed by atoms with van der Waals surface area (Å²) in [6.07, 6.45) is 2.23. The molecule has 3 nitrogen and oxygen atoms in total. The molecule has 0 radical (unpaired) electrons. The smallest absolute Gasteiger partial charge is 0.124 e. The highest BCUT2D eigenvalue weighted by Crippen LogP contribution is 2.36. The molecular weight excluding hydrogens is 202 g/mol. The standard InChI is InChI=1S/C13H17NO2/c14-11-7-13(9-5-6-15-8-9)16-12-4-2-1-3-10(11)12/h1-4,9,11,13H,5-8,14H2/t9?,11-,13?/m1/s1. The monoisotopic (exact) mass is 219 g/mol. The lowest BCUT2D eigenvalue weighted by molar-refractivity contribution is 0.0855.